The summed E-state index contributed by atoms with van der Waals surface area (Å²) in [6, 6.07) is 10.8. The van der Waals surface area contributed by atoms with Crippen LogP contribution in [0.2, 0.25) is 0 Å². The first-order valence-corrected chi connectivity index (χ1v) is 8.98. The fourth-order valence-electron chi connectivity index (χ4n) is 3.14. The third-order valence-corrected chi connectivity index (χ3v) is 4.59. The van der Waals surface area contributed by atoms with Crippen molar-refractivity contribution in [1.82, 2.24) is 0 Å². The lowest BCUT2D eigenvalue weighted by molar-refractivity contribution is 0.389. The van der Waals surface area contributed by atoms with E-state index in [1.807, 2.05) is 44.2 Å². The van der Waals surface area contributed by atoms with Gasteiger partial charge in [-0.3, -0.25) is 0 Å². The van der Waals surface area contributed by atoms with E-state index in [0.717, 1.165) is 22.3 Å². The summed E-state index contributed by atoms with van der Waals surface area (Å²) in [6.45, 7) is 4.08. The molecule has 0 saturated heterocycles. The van der Waals surface area contributed by atoms with Crippen molar-refractivity contribution in [2.75, 3.05) is 21.3 Å². The van der Waals surface area contributed by atoms with E-state index in [-0.39, 0.29) is 0 Å². The molecule has 0 aliphatic rings. The van der Waals surface area contributed by atoms with Gasteiger partial charge in [0.15, 0.2) is 0 Å². The van der Waals surface area contributed by atoms with Gasteiger partial charge in [0.2, 0.25) is 0 Å². The molecule has 2 aromatic carbocycles. The van der Waals surface area contributed by atoms with Crippen molar-refractivity contribution in [3.8, 4) is 28.4 Å². The molecule has 0 fully saturated rings. The SMILES string of the molecule is COc1ccc(-c2cc3c(OC)c(CC=C(C)C)c(OC)cc3oc2=O)cc1. The minimum Gasteiger partial charge on any atom is -0.497 e. The standard InChI is InChI=1S/C23H24O5/c1-14(2)6-11-17-20(26-4)13-21-19(22(17)27-5)12-18(23(24)28-21)15-7-9-16(25-3)10-8-15/h6-10,12-13H,11H2,1-5H3. The molecule has 0 bridgehead atoms. The molecule has 5 heteroatoms. The van der Waals surface area contributed by atoms with Crippen LogP contribution in [0.3, 0.4) is 0 Å². The Hall–Kier alpha value is -3.21. The maximum Gasteiger partial charge on any atom is 0.344 e. The first kappa shape index (κ1) is 19.5. The van der Waals surface area contributed by atoms with E-state index in [2.05, 4.69) is 6.08 Å². The first-order chi connectivity index (χ1) is 13.5. The summed E-state index contributed by atoms with van der Waals surface area (Å²) in [6.07, 6.45) is 2.76. The average Bonchev–Trinajstić information content (AvgIpc) is 2.70. The largest absolute Gasteiger partial charge is 0.497 e. The molecule has 3 rings (SSSR count). The molecule has 0 N–H and O–H groups in total. The van der Waals surface area contributed by atoms with Crippen molar-refractivity contribution in [2.45, 2.75) is 20.3 Å². The van der Waals surface area contributed by atoms with E-state index >= 15 is 0 Å². The van der Waals surface area contributed by atoms with Crippen LogP contribution in [0.5, 0.6) is 17.2 Å². The highest BCUT2D eigenvalue weighted by atomic mass is 16.5. The number of rotatable bonds is 6. The van der Waals surface area contributed by atoms with Gasteiger partial charge in [0.05, 0.1) is 32.3 Å². The van der Waals surface area contributed by atoms with Gasteiger partial charge in [-0.2, -0.15) is 0 Å². The second-order valence-corrected chi connectivity index (χ2v) is 6.66. The molecule has 28 heavy (non-hydrogen) atoms. The van der Waals surface area contributed by atoms with Gasteiger partial charge in [0, 0.05) is 11.6 Å². The van der Waals surface area contributed by atoms with Gasteiger partial charge >= 0.3 is 5.63 Å². The van der Waals surface area contributed by atoms with Crippen molar-refractivity contribution >= 4 is 11.0 Å². The Labute approximate surface area is 164 Å². The van der Waals surface area contributed by atoms with E-state index in [1.54, 1.807) is 27.4 Å². The number of hydrogen-bond acceptors (Lipinski definition) is 5. The van der Waals surface area contributed by atoms with Gasteiger partial charge < -0.3 is 18.6 Å². The monoisotopic (exact) mass is 380 g/mol. The lowest BCUT2D eigenvalue weighted by Crippen LogP contribution is -2.05. The summed E-state index contributed by atoms with van der Waals surface area (Å²) in [7, 11) is 4.81. The molecule has 1 aromatic heterocycles. The third kappa shape index (κ3) is 3.74. The molecule has 3 aromatic rings. The fourth-order valence-corrected chi connectivity index (χ4v) is 3.14. The third-order valence-electron chi connectivity index (χ3n) is 4.59. The lowest BCUT2D eigenvalue weighted by atomic mass is 10.0. The molecule has 0 aliphatic carbocycles. The van der Waals surface area contributed by atoms with Crippen LogP contribution >= 0.6 is 0 Å². The van der Waals surface area contributed by atoms with Crippen LogP contribution in [-0.2, 0) is 6.42 Å². The van der Waals surface area contributed by atoms with E-state index in [9.17, 15) is 4.79 Å². The maximum atomic E-state index is 12.6. The average molecular weight is 380 g/mol. The second-order valence-electron chi connectivity index (χ2n) is 6.66. The number of hydrogen-bond donors (Lipinski definition) is 0. The van der Waals surface area contributed by atoms with Crippen molar-refractivity contribution in [2.24, 2.45) is 0 Å². The normalized spacial score (nSPS) is 10.6. The minimum atomic E-state index is -0.418. The smallest absolute Gasteiger partial charge is 0.344 e. The Kier molecular flexibility index (Phi) is 5.73. The van der Waals surface area contributed by atoms with Crippen LogP contribution in [0, 0.1) is 0 Å². The highest BCUT2D eigenvalue weighted by Crippen LogP contribution is 2.38. The minimum absolute atomic E-state index is 0.418. The Morgan fingerprint density at radius 2 is 1.71 bits per heavy atom. The summed E-state index contributed by atoms with van der Waals surface area (Å²) >= 11 is 0. The van der Waals surface area contributed by atoms with Gasteiger partial charge in [-0.25, -0.2) is 4.79 Å². The van der Waals surface area contributed by atoms with Gasteiger partial charge in [-0.15, -0.1) is 0 Å². The molecular weight excluding hydrogens is 356 g/mol. The van der Waals surface area contributed by atoms with Crippen molar-refractivity contribution < 1.29 is 18.6 Å². The quantitative estimate of drug-likeness (QED) is 0.445. The van der Waals surface area contributed by atoms with E-state index in [1.165, 1.54) is 5.57 Å². The van der Waals surface area contributed by atoms with Crippen LogP contribution in [-0.4, -0.2) is 21.3 Å². The predicted octanol–water partition coefficient (Wildman–Crippen LogP) is 4.99. The molecule has 1 heterocycles. The van der Waals surface area contributed by atoms with Crippen LogP contribution < -0.4 is 19.8 Å². The molecule has 0 saturated carbocycles. The van der Waals surface area contributed by atoms with E-state index in [0.29, 0.717) is 29.1 Å². The number of methoxy groups -OCH3 is 3. The van der Waals surface area contributed by atoms with Gasteiger partial charge in [-0.1, -0.05) is 23.8 Å². The number of ether oxygens (including phenoxy) is 3. The number of benzene rings is 2. The summed E-state index contributed by atoms with van der Waals surface area (Å²) < 4.78 is 22.0. The molecule has 5 nitrogen and oxygen atoms in total. The number of allylic oxidation sites excluding steroid dienone is 2. The maximum absolute atomic E-state index is 12.6. The van der Waals surface area contributed by atoms with Crippen LogP contribution in [0.4, 0.5) is 0 Å². The first-order valence-electron chi connectivity index (χ1n) is 8.98. The predicted molar refractivity (Wildman–Crippen MR) is 111 cm³/mol. The highest BCUT2D eigenvalue weighted by Gasteiger charge is 2.18. The molecule has 0 amide bonds. The van der Waals surface area contributed by atoms with Gasteiger partial charge in [-0.05, 0) is 44.0 Å². The molecule has 146 valence electrons. The molecule has 0 unspecified atom stereocenters. The highest BCUT2D eigenvalue weighted by molar-refractivity contribution is 5.90. The van der Waals surface area contributed by atoms with Gasteiger partial charge in [0.25, 0.3) is 0 Å². The zero-order chi connectivity index (χ0) is 20.3. The van der Waals surface area contributed by atoms with Crippen LogP contribution in [0.1, 0.15) is 19.4 Å². The van der Waals surface area contributed by atoms with Gasteiger partial charge in [0.1, 0.15) is 22.8 Å². The molecule has 0 radical (unpaired) electrons. The lowest BCUT2D eigenvalue weighted by Gasteiger charge is -2.15. The Balaban J connectivity index is 2.25. The van der Waals surface area contributed by atoms with Crippen molar-refractivity contribution in [3.05, 3.63) is 64.0 Å². The number of fused-ring (bicyclic) bond motifs is 1. The fraction of sp³-hybridized carbons (Fsp3) is 0.261. The summed E-state index contributed by atoms with van der Waals surface area (Å²) in [4.78, 5) is 12.6. The zero-order valence-corrected chi connectivity index (χ0v) is 16.8. The Morgan fingerprint density at radius 3 is 2.29 bits per heavy atom. The molecule has 0 atom stereocenters. The van der Waals surface area contributed by atoms with E-state index < -0.39 is 5.63 Å². The van der Waals surface area contributed by atoms with Crippen LogP contribution in [0.15, 0.2) is 57.3 Å². The van der Waals surface area contributed by atoms with E-state index in [4.69, 9.17) is 18.6 Å². The summed E-state index contributed by atoms with van der Waals surface area (Å²) in [5.41, 5.74) is 3.33. The topological polar surface area (TPSA) is 57.9 Å². The summed E-state index contributed by atoms with van der Waals surface area (Å²) in [5, 5.41) is 0.728. The van der Waals surface area contributed by atoms with Crippen LogP contribution in [0.25, 0.3) is 22.1 Å². The molecule has 0 spiro atoms. The Bertz CT molecular complexity index is 1070. The summed E-state index contributed by atoms with van der Waals surface area (Å²) in [5.74, 6) is 1.99. The van der Waals surface area contributed by atoms with Crippen molar-refractivity contribution in [3.63, 3.8) is 0 Å². The molecular formula is C23H24O5. The zero-order valence-electron chi connectivity index (χ0n) is 16.8. The molecule has 0 aliphatic heterocycles. The second kappa shape index (κ2) is 8.21. The van der Waals surface area contributed by atoms with Crippen molar-refractivity contribution in [1.29, 1.82) is 0 Å². The Morgan fingerprint density at radius 1 is 1.00 bits per heavy atom.